The van der Waals surface area contributed by atoms with Crippen molar-refractivity contribution < 1.29 is 9.90 Å². The predicted molar refractivity (Wildman–Crippen MR) is 114 cm³/mol. The molecule has 0 bridgehead atoms. The largest absolute Gasteiger partial charge is 0.478 e. The fourth-order valence-corrected chi connectivity index (χ4v) is 3.58. The molecule has 0 aliphatic heterocycles. The molecule has 0 heterocycles. The maximum atomic E-state index is 11.7. The molecule has 4 aromatic rings. The molecular formula is C25H21NO2. The molecule has 0 radical (unpaired) electrons. The number of fused-ring (bicyclic) bond motifs is 1. The highest BCUT2D eigenvalue weighted by Gasteiger charge is 2.16. The first-order chi connectivity index (χ1) is 13.7. The van der Waals surface area contributed by atoms with Crippen molar-refractivity contribution in [2.75, 3.05) is 4.90 Å². The third kappa shape index (κ3) is 3.74. The van der Waals surface area contributed by atoms with Gasteiger partial charge in [0.1, 0.15) is 0 Å². The summed E-state index contributed by atoms with van der Waals surface area (Å²) in [6.07, 6.45) is 0. The van der Waals surface area contributed by atoms with Gasteiger partial charge in [-0.3, -0.25) is 0 Å². The lowest BCUT2D eigenvalue weighted by molar-refractivity contribution is 0.0699. The zero-order valence-electron chi connectivity index (χ0n) is 15.5. The molecule has 0 atom stereocenters. The van der Waals surface area contributed by atoms with Crippen molar-refractivity contribution in [3.05, 3.63) is 114 Å². The Morgan fingerprint density at radius 1 is 0.643 bits per heavy atom. The van der Waals surface area contributed by atoms with Crippen LogP contribution in [-0.2, 0) is 13.1 Å². The van der Waals surface area contributed by atoms with Gasteiger partial charge in [0.2, 0.25) is 0 Å². The van der Waals surface area contributed by atoms with Gasteiger partial charge in [-0.1, -0.05) is 84.9 Å². The van der Waals surface area contributed by atoms with Crippen molar-refractivity contribution in [2.45, 2.75) is 13.1 Å². The number of rotatable bonds is 6. The molecule has 0 aliphatic rings. The second kappa shape index (κ2) is 7.97. The molecule has 0 saturated heterocycles. The van der Waals surface area contributed by atoms with E-state index in [2.05, 4.69) is 29.2 Å². The summed E-state index contributed by atoms with van der Waals surface area (Å²) >= 11 is 0. The molecule has 0 spiro atoms. The average Bonchev–Trinajstić information content (AvgIpc) is 2.74. The van der Waals surface area contributed by atoms with Crippen molar-refractivity contribution in [2.24, 2.45) is 0 Å². The van der Waals surface area contributed by atoms with Crippen LogP contribution in [-0.4, -0.2) is 11.1 Å². The van der Waals surface area contributed by atoms with Gasteiger partial charge in [-0.25, -0.2) is 4.79 Å². The second-order valence-corrected chi connectivity index (χ2v) is 6.81. The summed E-state index contributed by atoms with van der Waals surface area (Å²) in [6.45, 7) is 1.48. The minimum absolute atomic E-state index is 0.332. The maximum absolute atomic E-state index is 11.7. The van der Waals surface area contributed by atoms with Crippen molar-refractivity contribution in [3.8, 4) is 0 Å². The molecule has 1 N–H and O–H groups in total. The summed E-state index contributed by atoms with van der Waals surface area (Å²) < 4.78 is 0. The summed E-state index contributed by atoms with van der Waals surface area (Å²) in [4.78, 5) is 14.0. The molecule has 138 valence electrons. The third-order valence-electron chi connectivity index (χ3n) is 4.90. The molecule has 3 nitrogen and oxygen atoms in total. The van der Waals surface area contributed by atoms with E-state index in [1.165, 1.54) is 11.1 Å². The van der Waals surface area contributed by atoms with E-state index < -0.39 is 5.97 Å². The predicted octanol–water partition coefficient (Wildman–Crippen LogP) is 5.74. The van der Waals surface area contributed by atoms with Gasteiger partial charge in [-0.15, -0.1) is 0 Å². The summed E-state index contributed by atoms with van der Waals surface area (Å²) in [5, 5.41) is 11.3. The number of hydrogen-bond donors (Lipinski definition) is 1. The molecule has 0 unspecified atom stereocenters. The van der Waals surface area contributed by atoms with Crippen LogP contribution in [0, 0.1) is 0 Å². The molecule has 0 aliphatic carbocycles. The number of benzene rings is 4. The second-order valence-electron chi connectivity index (χ2n) is 6.81. The zero-order valence-corrected chi connectivity index (χ0v) is 15.5. The fourth-order valence-electron chi connectivity index (χ4n) is 3.58. The Morgan fingerprint density at radius 3 is 1.68 bits per heavy atom. The van der Waals surface area contributed by atoms with Gasteiger partial charge in [-0.2, -0.15) is 0 Å². The van der Waals surface area contributed by atoms with E-state index in [1.807, 2.05) is 66.7 Å². The first-order valence-corrected chi connectivity index (χ1v) is 9.30. The Balaban J connectivity index is 1.82. The van der Waals surface area contributed by atoms with Crippen LogP contribution in [0.4, 0.5) is 5.69 Å². The summed E-state index contributed by atoms with van der Waals surface area (Å²) in [5.41, 5.74) is 3.79. The van der Waals surface area contributed by atoms with E-state index in [0.717, 1.165) is 29.5 Å². The molecule has 0 fully saturated rings. The number of carboxylic acids is 1. The number of anilines is 1. The normalized spacial score (nSPS) is 10.7. The number of carboxylic acid groups (broad SMARTS) is 1. The lowest BCUT2D eigenvalue weighted by Gasteiger charge is -2.27. The van der Waals surface area contributed by atoms with Crippen LogP contribution >= 0.6 is 0 Å². The van der Waals surface area contributed by atoms with Crippen molar-refractivity contribution in [3.63, 3.8) is 0 Å². The highest BCUT2D eigenvalue weighted by Crippen LogP contribution is 2.31. The minimum atomic E-state index is -0.902. The van der Waals surface area contributed by atoms with Gasteiger partial charge in [0.15, 0.2) is 0 Å². The Morgan fingerprint density at radius 2 is 1.14 bits per heavy atom. The van der Waals surface area contributed by atoms with E-state index in [1.54, 1.807) is 6.07 Å². The van der Waals surface area contributed by atoms with Crippen LogP contribution < -0.4 is 4.90 Å². The smallest absolute Gasteiger partial charge is 0.336 e. The SMILES string of the molecule is O=C(O)c1ccc(N(Cc2ccccc2)Cc2ccccc2)c2ccccc12. The van der Waals surface area contributed by atoms with Crippen LogP contribution in [0.15, 0.2) is 97.1 Å². The van der Waals surface area contributed by atoms with Gasteiger partial charge in [-0.05, 0) is 28.6 Å². The number of hydrogen-bond acceptors (Lipinski definition) is 2. The summed E-state index contributed by atoms with van der Waals surface area (Å²) in [7, 11) is 0. The maximum Gasteiger partial charge on any atom is 0.336 e. The quantitative estimate of drug-likeness (QED) is 0.472. The molecule has 4 aromatic carbocycles. The van der Waals surface area contributed by atoms with Gasteiger partial charge >= 0.3 is 5.97 Å². The summed E-state index contributed by atoms with van der Waals surface area (Å²) in [6, 6.07) is 32.0. The topological polar surface area (TPSA) is 40.5 Å². The first kappa shape index (κ1) is 17.8. The Kier molecular flexibility index (Phi) is 5.07. The van der Waals surface area contributed by atoms with Crippen LogP contribution in [0.25, 0.3) is 10.8 Å². The number of aromatic carboxylic acids is 1. The van der Waals surface area contributed by atoms with Crippen LogP contribution in [0.2, 0.25) is 0 Å². The zero-order chi connectivity index (χ0) is 19.3. The summed E-state index contributed by atoms with van der Waals surface area (Å²) in [5.74, 6) is -0.902. The monoisotopic (exact) mass is 367 g/mol. The Bertz CT molecular complexity index is 1050. The lowest BCUT2D eigenvalue weighted by atomic mass is 10.0. The average molecular weight is 367 g/mol. The van der Waals surface area contributed by atoms with E-state index in [0.29, 0.717) is 5.56 Å². The van der Waals surface area contributed by atoms with Crippen molar-refractivity contribution in [1.82, 2.24) is 0 Å². The third-order valence-corrected chi connectivity index (χ3v) is 4.90. The van der Waals surface area contributed by atoms with E-state index >= 15 is 0 Å². The highest BCUT2D eigenvalue weighted by atomic mass is 16.4. The molecule has 0 saturated carbocycles. The van der Waals surface area contributed by atoms with Gasteiger partial charge in [0.25, 0.3) is 0 Å². The standard InChI is InChI=1S/C25H21NO2/c27-25(28)23-15-16-24(22-14-8-7-13-21(22)23)26(17-19-9-3-1-4-10-19)18-20-11-5-2-6-12-20/h1-16H,17-18H2,(H,27,28). The number of nitrogens with zero attached hydrogens (tertiary/aromatic N) is 1. The van der Waals surface area contributed by atoms with Crippen molar-refractivity contribution in [1.29, 1.82) is 0 Å². The van der Waals surface area contributed by atoms with Crippen LogP contribution in [0.5, 0.6) is 0 Å². The molecule has 0 amide bonds. The van der Waals surface area contributed by atoms with E-state index in [-0.39, 0.29) is 0 Å². The van der Waals surface area contributed by atoms with E-state index in [9.17, 15) is 9.90 Å². The Labute approximate surface area is 164 Å². The van der Waals surface area contributed by atoms with Crippen molar-refractivity contribution >= 4 is 22.4 Å². The Hall–Kier alpha value is -3.59. The number of carbonyl (C=O) groups is 1. The molecule has 0 aromatic heterocycles. The van der Waals surface area contributed by atoms with Gasteiger partial charge in [0.05, 0.1) is 5.56 Å². The first-order valence-electron chi connectivity index (χ1n) is 9.30. The van der Waals surface area contributed by atoms with Crippen LogP contribution in [0.3, 0.4) is 0 Å². The lowest BCUT2D eigenvalue weighted by Crippen LogP contribution is -2.22. The van der Waals surface area contributed by atoms with Gasteiger partial charge < -0.3 is 10.0 Å². The fraction of sp³-hybridized carbons (Fsp3) is 0.0800. The molecule has 28 heavy (non-hydrogen) atoms. The van der Waals surface area contributed by atoms with Crippen LogP contribution in [0.1, 0.15) is 21.5 Å². The highest BCUT2D eigenvalue weighted by molar-refractivity contribution is 6.07. The molecular weight excluding hydrogens is 346 g/mol. The minimum Gasteiger partial charge on any atom is -0.478 e. The molecule has 4 rings (SSSR count). The molecule has 3 heteroatoms. The van der Waals surface area contributed by atoms with Gasteiger partial charge in [0, 0.05) is 24.2 Å². The van der Waals surface area contributed by atoms with E-state index in [4.69, 9.17) is 0 Å².